The van der Waals surface area contributed by atoms with E-state index in [2.05, 4.69) is 31.9 Å². The second-order valence-electron chi connectivity index (χ2n) is 7.74. The Balaban J connectivity index is 0.00000392. The SMILES string of the molecule is CCNC(=NCC(=O)NC(C)(C)C)NC1CCN(c2ccccc2OC)C1.I. The predicted octanol–water partition coefficient (Wildman–Crippen LogP) is 2.36. The van der Waals surface area contributed by atoms with Crippen LogP contribution >= 0.6 is 24.0 Å². The third-order valence-electron chi connectivity index (χ3n) is 4.19. The number of carbonyl (C=O) groups excluding carboxylic acids is 1. The number of rotatable bonds is 6. The number of ether oxygens (including phenoxy) is 1. The smallest absolute Gasteiger partial charge is 0.242 e. The summed E-state index contributed by atoms with van der Waals surface area (Å²) in [6.45, 7) is 10.6. The van der Waals surface area contributed by atoms with Gasteiger partial charge in [-0.25, -0.2) is 4.99 Å². The number of hydrogen-bond acceptors (Lipinski definition) is 4. The molecule has 0 spiro atoms. The average molecular weight is 503 g/mol. The van der Waals surface area contributed by atoms with Gasteiger partial charge in [0, 0.05) is 31.2 Å². The molecule has 0 aliphatic carbocycles. The number of nitrogens with zero attached hydrogens (tertiary/aromatic N) is 2. The Morgan fingerprint density at radius 1 is 1.32 bits per heavy atom. The Labute approximate surface area is 185 Å². The van der Waals surface area contributed by atoms with Crippen molar-refractivity contribution in [2.45, 2.75) is 45.7 Å². The maximum absolute atomic E-state index is 12.0. The first kappa shape index (κ1) is 24.3. The van der Waals surface area contributed by atoms with E-state index in [0.29, 0.717) is 5.96 Å². The molecule has 1 amide bonds. The van der Waals surface area contributed by atoms with Gasteiger partial charge >= 0.3 is 0 Å². The lowest BCUT2D eigenvalue weighted by atomic mass is 10.1. The van der Waals surface area contributed by atoms with Gasteiger partial charge in [-0.1, -0.05) is 12.1 Å². The molecule has 1 unspecified atom stereocenters. The molecule has 8 heteroatoms. The highest BCUT2D eigenvalue weighted by Gasteiger charge is 2.25. The van der Waals surface area contributed by atoms with Crippen molar-refractivity contribution in [1.29, 1.82) is 0 Å². The molecule has 0 saturated carbocycles. The van der Waals surface area contributed by atoms with E-state index in [4.69, 9.17) is 4.74 Å². The number of guanidine groups is 1. The molecule has 1 aromatic rings. The Morgan fingerprint density at radius 2 is 2.04 bits per heavy atom. The normalized spacial score (nSPS) is 17.0. The lowest BCUT2D eigenvalue weighted by Gasteiger charge is -2.22. The summed E-state index contributed by atoms with van der Waals surface area (Å²) >= 11 is 0. The molecular weight excluding hydrogens is 469 g/mol. The summed E-state index contributed by atoms with van der Waals surface area (Å²) < 4.78 is 5.47. The first-order valence-electron chi connectivity index (χ1n) is 9.56. The number of nitrogens with one attached hydrogen (secondary N) is 3. The van der Waals surface area contributed by atoms with E-state index in [0.717, 1.165) is 37.5 Å². The molecule has 3 N–H and O–H groups in total. The molecular formula is C20H34IN5O2. The van der Waals surface area contributed by atoms with E-state index in [9.17, 15) is 4.79 Å². The molecule has 1 aliphatic heterocycles. The van der Waals surface area contributed by atoms with Crippen LogP contribution < -0.4 is 25.6 Å². The van der Waals surface area contributed by atoms with Gasteiger partial charge in [0.05, 0.1) is 12.8 Å². The molecule has 1 heterocycles. The van der Waals surface area contributed by atoms with Gasteiger partial charge in [0.2, 0.25) is 5.91 Å². The number of halogens is 1. The van der Waals surface area contributed by atoms with Crippen LogP contribution in [0.1, 0.15) is 34.1 Å². The molecule has 2 rings (SSSR count). The third kappa shape index (κ3) is 7.73. The van der Waals surface area contributed by atoms with Crippen LogP contribution in [-0.2, 0) is 4.79 Å². The fourth-order valence-corrected chi connectivity index (χ4v) is 3.11. The van der Waals surface area contributed by atoms with E-state index in [-0.39, 0.29) is 48.0 Å². The number of para-hydroxylation sites is 2. The van der Waals surface area contributed by atoms with Crippen LogP contribution in [0.3, 0.4) is 0 Å². The lowest BCUT2D eigenvalue weighted by Crippen LogP contribution is -2.46. The summed E-state index contributed by atoms with van der Waals surface area (Å²) in [5, 5.41) is 9.60. The van der Waals surface area contributed by atoms with Crippen molar-refractivity contribution in [3.8, 4) is 5.75 Å². The summed E-state index contributed by atoms with van der Waals surface area (Å²) in [6, 6.07) is 8.33. The minimum atomic E-state index is -0.251. The van der Waals surface area contributed by atoms with Gasteiger partial charge in [0.15, 0.2) is 5.96 Å². The number of anilines is 1. The molecule has 1 aliphatic rings. The Bertz CT molecular complexity index is 660. The summed E-state index contributed by atoms with van der Waals surface area (Å²) in [7, 11) is 1.70. The molecule has 1 saturated heterocycles. The minimum Gasteiger partial charge on any atom is -0.495 e. The van der Waals surface area contributed by atoms with Crippen LogP contribution in [0.25, 0.3) is 0 Å². The van der Waals surface area contributed by atoms with Crippen molar-refractivity contribution in [2.24, 2.45) is 4.99 Å². The van der Waals surface area contributed by atoms with Gasteiger partial charge in [-0.05, 0) is 46.2 Å². The Morgan fingerprint density at radius 3 is 2.68 bits per heavy atom. The largest absolute Gasteiger partial charge is 0.495 e. The number of carbonyl (C=O) groups is 1. The van der Waals surface area contributed by atoms with Crippen molar-refractivity contribution in [1.82, 2.24) is 16.0 Å². The Hall–Kier alpha value is -1.71. The van der Waals surface area contributed by atoms with Crippen molar-refractivity contribution >= 4 is 41.5 Å². The first-order valence-corrected chi connectivity index (χ1v) is 9.56. The van der Waals surface area contributed by atoms with Crippen LogP contribution in [0.4, 0.5) is 5.69 Å². The number of methoxy groups -OCH3 is 1. The van der Waals surface area contributed by atoms with Gasteiger partial charge in [-0.15, -0.1) is 24.0 Å². The van der Waals surface area contributed by atoms with Crippen LogP contribution in [0, 0.1) is 0 Å². The molecule has 0 aromatic heterocycles. The highest BCUT2D eigenvalue weighted by atomic mass is 127. The van der Waals surface area contributed by atoms with Gasteiger partial charge in [0.25, 0.3) is 0 Å². The van der Waals surface area contributed by atoms with Crippen LogP contribution in [0.5, 0.6) is 5.75 Å². The summed E-state index contributed by atoms with van der Waals surface area (Å²) in [4.78, 5) is 18.8. The van der Waals surface area contributed by atoms with Crippen LogP contribution in [-0.4, -0.2) is 56.7 Å². The minimum absolute atomic E-state index is 0. The standard InChI is InChI=1S/C20H33N5O2.HI/c1-6-21-19(22-13-18(26)24-20(2,3)4)23-15-11-12-25(14-15)16-9-7-8-10-17(16)27-5;/h7-10,15H,6,11-14H2,1-5H3,(H,24,26)(H2,21,22,23);1H. The van der Waals surface area contributed by atoms with Crippen molar-refractivity contribution in [3.63, 3.8) is 0 Å². The topological polar surface area (TPSA) is 78.0 Å². The second-order valence-corrected chi connectivity index (χ2v) is 7.74. The molecule has 0 bridgehead atoms. The molecule has 28 heavy (non-hydrogen) atoms. The maximum atomic E-state index is 12.0. The zero-order chi connectivity index (χ0) is 19.9. The Kier molecular flexibility index (Phi) is 9.84. The fourth-order valence-electron chi connectivity index (χ4n) is 3.11. The number of amides is 1. The van der Waals surface area contributed by atoms with Crippen LogP contribution in [0.2, 0.25) is 0 Å². The maximum Gasteiger partial charge on any atom is 0.242 e. The molecule has 158 valence electrons. The zero-order valence-electron chi connectivity index (χ0n) is 17.5. The summed E-state index contributed by atoms with van der Waals surface area (Å²) in [5.41, 5.74) is 0.856. The lowest BCUT2D eigenvalue weighted by molar-refractivity contribution is -0.121. The third-order valence-corrected chi connectivity index (χ3v) is 4.19. The number of aliphatic imine (C=N–C) groups is 1. The molecule has 1 fully saturated rings. The number of benzene rings is 1. The van der Waals surface area contributed by atoms with E-state index >= 15 is 0 Å². The molecule has 1 atom stereocenters. The monoisotopic (exact) mass is 503 g/mol. The second kappa shape index (κ2) is 11.3. The summed E-state index contributed by atoms with van der Waals surface area (Å²) in [5.74, 6) is 1.48. The van der Waals surface area contributed by atoms with Gasteiger partial charge in [-0.3, -0.25) is 4.79 Å². The van der Waals surface area contributed by atoms with E-state index in [1.54, 1.807) is 7.11 Å². The van der Waals surface area contributed by atoms with Crippen molar-refractivity contribution < 1.29 is 9.53 Å². The summed E-state index contributed by atoms with van der Waals surface area (Å²) in [6.07, 6.45) is 0.997. The van der Waals surface area contributed by atoms with Crippen molar-refractivity contribution in [3.05, 3.63) is 24.3 Å². The van der Waals surface area contributed by atoms with E-state index in [1.165, 1.54) is 0 Å². The first-order chi connectivity index (χ1) is 12.8. The highest BCUT2D eigenvalue weighted by Crippen LogP contribution is 2.30. The molecule has 1 aromatic carbocycles. The van der Waals surface area contributed by atoms with E-state index in [1.807, 2.05) is 45.9 Å². The fraction of sp³-hybridized carbons (Fsp3) is 0.600. The van der Waals surface area contributed by atoms with Crippen molar-refractivity contribution in [2.75, 3.05) is 38.2 Å². The predicted molar refractivity (Wildman–Crippen MR) is 126 cm³/mol. The zero-order valence-corrected chi connectivity index (χ0v) is 19.9. The highest BCUT2D eigenvalue weighted by molar-refractivity contribution is 14.0. The molecule has 7 nitrogen and oxygen atoms in total. The van der Waals surface area contributed by atoms with E-state index < -0.39 is 0 Å². The van der Waals surface area contributed by atoms with Crippen LogP contribution in [0.15, 0.2) is 29.3 Å². The van der Waals surface area contributed by atoms with Gasteiger partial charge in [0.1, 0.15) is 12.3 Å². The molecule has 0 radical (unpaired) electrons. The average Bonchev–Trinajstić information content (AvgIpc) is 3.06. The van der Waals surface area contributed by atoms with Gasteiger partial charge < -0.3 is 25.6 Å². The number of hydrogen-bond donors (Lipinski definition) is 3. The van der Waals surface area contributed by atoms with Gasteiger partial charge in [-0.2, -0.15) is 0 Å². The quantitative estimate of drug-likeness (QED) is 0.316.